The summed E-state index contributed by atoms with van der Waals surface area (Å²) in [5.74, 6) is 1.20. The minimum Gasteiger partial charge on any atom is -0.368 e. The van der Waals surface area contributed by atoms with Crippen molar-refractivity contribution in [1.29, 1.82) is 0 Å². The summed E-state index contributed by atoms with van der Waals surface area (Å²) in [6.45, 7) is 2.27. The number of nitrogens with zero attached hydrogens (tertiary/aromatic N) is 1. The summed E-state index contributed by atoms with van der Waals surface area (Å²) in [5, 5.41) is 4.15. The van der Waals surface area contributed by atoms with Crippen molar-refractivity contribution in [3.05, 3.63) is 0 Å². The van der Waals surface area contributed by atoms with Crippen LogP contribution < -0.4 is 5.32 Å². The van der Waals surface area contributed by atoms with Gasteiger partial charge in [0.1, 0.15) is 0 Å². The first kappa shape index (κ1) is 15.8. The Morgan fingerprint density at radius 3 is 2.06 bits per heavy atom. The van der Waals surface area contributed by atoms with E-state index < -0.39 is 0 Å². The second-order valence-electron chi connectivity index (χ2n) is 4.10. The van der Waals surface area contributed by atoms with Crippen molar-refractivity contribution in [3.8, 4) is 0 Å². The smallest absolute Gasteiger partial charge is 0.156 e. The fourth-order valence-electron chi connectivity index (χ4n) is 1.65. The number of unbranched alkanes of at least 4 members (excludes halogenated alkanes) is 7. The van der Waals surface area contributed by atoms with Crippen molar-refractivity contribution in [2.45, 2.75) is 58.3 Å². The monoisotopic (exact) mass is 244 g/mol. The van der Waals surface area contributed by atoms with Gasteiger partial charge in [0.05, 0.1) is 0 Å². The van der Waals surface area contributed by atoms with Crippen molar-refractivity contribution < 1.29 is 0 Å². The number of nitrogens with one attached hydrogen (secondary N) is 1. The zero-order valence-corrected chi connectivity index (χ0v) is 12.0. The number of hydrogen-bond donors (Lipinski definition) is 1. The molecule has 0 radical (unpaired) electrons. The molecule has 1 N–H and O–H groups in total. The number of amidine groups is 1. The third-order valence-corrected chi connectivity index (χ3v) is 3.81. The molecule has 0 aromatic rings. The van der Waals surface area contributed by atoms with E-state index in [9.17, 15) is 0 Å². The quantitative estimate of drug-likeness (QED) is 0.376. The Hall–Kier alpha value is -0.180. The van der Waals surface area contributed by atoms with E-state index >= 15 is 0 Å². The topological polar surface area (TPSA) is 24.4 Å². The Morgan fingerprint density at radius 1 is 1.00 bits per heavy atom. The van der Waals surface area contributed by atoms with Crippen LogP contribution in [0.15, 0.2) is 4.99 Å². The van der Waals surface area contributed by atoms with Gasteiger partial charge < -0.3 is 5.32 Å². The zero-order valence-electron chi connectivity index (χ0n) is 11.2. The molecule has 0 unspecified atom stereocenters. The average molecular weight is 244 g/mol. The first-order chi connectivity index (χ1) is 7.85. The van der Waals surface area contributed by atoms with Gasteiger partial charge in [0, 0.05) is 19.8 Å². The highest BCUT2D eigenvalue weighted by Crippen LogP contribution is 2.11. The number of hydrogen-bond acceptors (Lipinski definition) is 2. The predicted octanol–water partition coefficient (Wildman–Crippen LogP) is 4.07. The Labute approximate surface area is 106 Å². The van der Waals surface area contributed by atoms with E-state index in [1.807, 2.05) is 25.9 Å². The maximum absolute atomic E-state index is 4.14. The van der Waals surface area contributed by atoms with E-state index in [1.165, 1.54) is 57.1 Å². The molecule has 0 bridgehead atoms. The van der Waals surface area contributed by atoms with Gasteiger partial charge in [0.2, 0.25) is 0 Å². The third-order valence-electron chi connectivity index (χ3n) is 2.65. The first-order valence-corrected chi connectivity index (χ1v) is 7.61. The summed E-state index contributed by atoms with van der Waals surface area (Å²) in [5.41, 5.74) is 0. The molecule has 0 spiro atoms. The van der Waals surface area contributed by atoms with E-state index in [4.69, 9.17) is 0 Å². The second-order valence-corrected chi connectivity index (χ2v) is 5.19. The van der Waals surface area contributed by atoms with Crippen LogP contribution in [-0.4, -0.2) is 25.0 Å². The van der Waals surface area contributed by atoms with Gasteiger partial charge in [-0.1, -0.05) is 63.6 Å². The Kier molecular flexibility index (Phi) is 12.7. The summed E-state index contributed by atoms with van der Waals surface area (Å²) in [6.07, 6.45) is 11.1. The summed E-state index contributed by atoms with van der Waals surface area (Å²) in [4.78, 5) is 4.14. The maximum Gasteiger partial charge on any atom is 0.156 e. The molecule has 3 heteroatoms. The van der Waals surface area contributed by atoms with Crippen molar-refractivity contribution in [3.63, 3.8) is 0 Å². The molecule has 0 aliphatic carbocycles. The lowest BCUT2D eigenvalue weighted by Crippen LogP contribution is -2.14. The van der Waals surface area contributed by atoms with Gasteiger partial charge in [-0.15, -0.1) is 0 Å². The van der Waals surface area contributed by atoms with E-state index in [0.717, 1.165) is 5.17 Å². The molecular formula is C13H28N2S. The van der Waals surface area contributed by atoms with Crippen LogP contribution in [0, 0.1) is 0 Å². The van der Waals surface area contributed by atoms with Gasteiger partial charge >= 0.3 is 0 Å². The molecule has 0 saturated heterocycles. The zero-order chi connectivity index (χ0) is 12.1. The summed E-state index contributed by atoms with van der Waals surface area (Å²) >= 11 is 1.83. The van der Waals surface area contributed by atoms with Crippen LogP contribution in [0.25, 0.3) is 0 Å². The van der Waals surface area contributed by atoms with E-state index in [0.29, 0.717) is 0 Å². The number of rotatable bonds is 9. The Bertz CT molecular complexity index is 169. The first-order valence-electron chi connectivity index (χ1n) is 6.62. The molecule has 0 amide bonds. The fraction of sp³-hybridized carbons (Fsp3) is 0.923. The van der Waals surface area contributed by atoms with Crippen LogP contribution in [0.4, 0.5) is 0 Å². The maximum atomic E-state index is 4.14. The molecule has 0 rings (SSSR count). The van der Waals surface area contributed by atoms with Gasteiger partial charge in [-0.2, -0.15) is 0 Å². The molecule has 96 valence electrons. The Morgan fingerprint density at radius 2 is 1.56 bits per heavy atom. The van der Waals surface area contributed by atoms with Gasteiger partial charge in [0.15, 0.2) is 5.17 Å². The van der Waals surface area contributed by atoms with E-state index in [-0.39, 0.29) is 0 Å². The van der Waals surface area contributed by atoms with Gasteiger partial charge in [-0.25, -0.2) is 0 Å². The highest BCUT2D eigenvalue weighted by molar-refractivity contribution is 8.13. The van der Waals surface area contributed by atoms with Crippen LogP contribution in [-0.2, 0) is 0 Å². The third kappa shape index (κ3) is 10.3. The summed E-state index contributed by atoms with van der Waals surface area (Å²) in [6, 6.07) is 0. The molecule has 0 aliphatic heterocycles. The van der Waals surface area contributed by atoms with Crippen LogP contribution in [0.2, 0.25) is 0 Å². The standard InChI is InChI=1S/C13H28N2S/c1-4-5-6-7-8-9-10-11-12-16-13(14-2)15-3/h4-12H2,1-3H3,(H,14,15). The van der Waals surface area contributed by atoms with Crippen LogP contribution in [0.1, 0.15) is 58.3 Å². The minimum atomic E-state index is 1.06. The van der Waals surface area contributed by atoms with E-state index in [2.05, 4.69) is 17.2 Å². The van der Waals surface area contributed by atoms with E-state index in [1.54, 1.807) is 0 Å². The van der Waals surface area contributed by atoms with Gasteiger partial charge in [-0.3, -0.25) is 4.99 Å². The highest BCUT2D eigenvalue weighted by atomic mass is 32.2. The van der Waals surface area contributed by atoms with Crippen LogP contribution in [0.5, 0.6) is 0 Å². The molecule has 0 heterocycles. The van der Waals surface area contributed by atoms with Crippen LogP contribution >= 0.6 is 11.8 Å². The number of aliphatic imine (C=N–C) groups is 1. The normalized spacial score (nSPS) is 11.8. The molecule has 0 saturated carbocycles. The molecule has 0 aromatic heterocycles. The molecule has 0 fully saturated rings. The summed E-state index contributed by atoms with van der Waals surface area (Å²) in [7, 11) is 3.77. The lowest BCUT2D eigenvalue weighted by atomic mass is 10.1. The van der Waals surface area contributed by atoms with Crippen LogP contribution in [0.3, 0.4) is 0 Å². The minimum absolute atomic E-state index is 1.06. The Balaban J connectivity index is 3.09. The fourth-order valence-corrected chi connectivity index (χ4v) is 2.47. The van der Waals surface area contributed by atoms with Crippen molar-refractivity contribution in [2.75, 3.05) is 19.8 Å². The molecule has 0 atom stereocenters. The van der Waals surface area contributed by atoms with Crippen molar-refractivity contribution in [1.82, 2.24) is 5.32 Å². The lowest BCUT2D eigenvalue weighted by molar-refractivity contribution is 0.586. The van der Waals surface area contributed by atoms with Crippen molar-refractivity contribution >= 4 is 16.9 Å². The predicted molar refractivity (Wildman–Crippen MR) is 77.5 cm³/mol. The van der Waals surface area contributed by atoms with Gasteiger partial charge in [-0.05, 0) is 6.42 Å². The average Bonchev–Trinajstić information content (AvgIpc) is 2.32. The summed E-state index contributed by atoms with van der Waals surface area (Å²) < 4.78 is 0. The molecule has 0 aliphatic rings. The molecule has 0 aromatic carbocycles. The largest absolute Gasteiger partial charge is 0.368 e. The second kappa shape index (κ2) is 12.9. The SMILES string of the molecule is CCCCCCCCCCSC(=NC)NC. The molecule has 16 heavy (non-hydrogen) atoms. The molecule has 2 nitrogen and oxygen atoms in total. The van der Waals surface area contributed by atoms with Crippen molar-refractivity contribution in [2.24, 2.45) is 4.99 Å². The lowest BCUT2D eigenvalue weighted by Gasteiger charge is -2.04. The van der Waals surface area contributed by atoms with Gasteiger partial charge in [0.25, 0.3) is 0 Å². The highest BCUT2D eigenvalue weighted by Gasteiger charge is 1.96. The molecular weight excluding hydrogens is 216 g/mol. The number of thioether (sulfide) groups is 1.